The van der Waals surface area contributed by atoms with E-state index >= 15 is 0 Å². The standard InChI is InChI=1S/C26H51N5O2/c1-26(2,3)12-21-29(4)14-5-13-28-25(33)11-20-31-17-8-23(9-18-31)22-6-15-30(16-7-22)19-10-24(27)32/h22-23H,5-21H2,1-4H3,(H2,27,32)(H,28,33). The first-order valence-electron chi connectivity index (χ1n) is 13.3. The third-order valence-corrected chi connectivity index (χ3v) is 7.54. The fourth-order valence-electron chi connectivity index (χ4n) is 5.13. The average molecular weight is 466 g/mol. The van der Waals surface area contributed by atoms with Gasteiger partial charge in [-0.1, -0.05) is 20.8 Å². The van der Waals surface area contributed by atoms with E-state index in [4.69, 9.17) is 5.73 Å². The Bertz CT molecular complexity index is 576. The van der Waals surface area contributed by atoms with Crippen LogP contribution in [0.1, 0.15) is 72.1 Å². The van der Waals surface area contributed by atoms with Gasteiger partial charge < -0.3 is 25.8 Å². The molecule has 0 saturated carbocycles. The second kappa shape index (κ2) is 14.3. The van der Waals surface area contributed by atoms with E-state index in [9.17, 15) is 9.59 Å². The first kappa shape index (κ1) is 28.1. The van der Waals surface area contributed by atoms with E-state index in [1.54, 1.807) is 0 Å². The van der Waals surface area contributed by atoms with Gasteiger partial charge in [-0.2, -0.15) is 0 Å². The summed E-state index contributed by atoms with van der Waals surface area (Å²) in [6.45, 7) is 15.9. The highest BCUT2D eigenvalue weighted by atomic mass is 16.1. The number of carbonyl (C=O) groups is 2. The summed E-state index contributed by atoms with van der Waals surface area (Å²) in [6, 6.07) is 0. The molecule has 2 heterocycles. The number of likely N-dealkylation sites (tertiary alicyclic amines) is 2. The quantitative estimate of drug-likeness (QED) is 0.409. The summed E-state index contributed by atoms with van der Waals surface area (Å²) in [4.78, 5) is 30.4. The van der Waals surface area contributed by atoms with E-state index < -0.39 is 0 Å². The van der Waals surface area contributed by atoms with Crippen molar-refractivity contribution in [2.24, 2.45) is 23.0 Å². The van der Waals surface area contributed by atoms with E-state index in [1.165, 1.54) is 32.1 Å². The summed E-state index contributed by atoms with van der Waals surface area (Å²) in [5, 5.41) is 3.11. The third-order valence-electron chi connectivity index (χ3n) is 7.54. The second-order valence-electron chi connectivity index (χ2n) is 11.6. The number of hydrogen-bond donors (Lipinski definition) is 2. The molecule has 0 spiro atoms. The van der Waals surface area contributed by atoms with Crippen molar-refractivity contribution in [3.05, 3.63) is 0 Å². The number of piperidine rings is 2. The molecule has 0 aromatic heterocycles. The van der Waals surface area contributed by atoms with Crippen molar-refractivity contribution in [1.29, 1.82) is 0 Å². The summed E-state index contributed by atoms with van der Waals surface area (Å²) in [5.41, 5.74) is 5.65. The number of nitrogens with two attached hydrogens (primary N) is 1. The Hall–Kier alpha value is -1.18. The summed E-state index contributed by atoms with van der Waals surface area (Å²) in [6.07, 6.45) is 8.31. The molecule has 7 heteroatoms. The van der Waals surface area contributed by atoms with Crippen LogP contribution in [0.5, 0.6) is 0 Å². The molecule has 0 aromatic carbocycles. The molecule has 2 aliphatic rings. The molecule has 33 heavy (non-hydrogen) atoms. The fourth-order valence-corrected chi connectivity index (χ4v) is 5.13. The maximum atomic E-state index is 12.2. The first-order chi connectivity index (χ1) is 15.6. The lowest BCUT2D eigenvalue weighted by molar-refractivity contribution is -0.121. The molecule has 0 bridgehead atoms. The van der Waals surface area contributed by atoms with Gasteiger partial charge in [-0.05, 0) is 102 Å². The minimum atomic E-state index is -0.197. The van der Waals surface area contributed by atoms with Crippen molar-refractivity contribution in [3.8, 4) is 0 Å². The van der Waals surface area contributed by atoms with E-state index in [2.05, 4.69) is 47.8 Å². The van der Waals surface area contributed by atoms with Crippen LogP contribution in [0, 0.1) is 17.3 Å². The molecule has 2 rings (SSSR count). The van der Waals surface area contributed by atoms with Gasteiger partial charge in [-0.3, -0.25) is 9.59 Å². The molecule has 0 aliphatic carbocycles. The number of nitrogens with zero attached hydrogens (tertiary/aromatic N) is 3. The molecular weight excluding hydrogens is 414 g/mol. The molecule has 0 unspecified atom stereocenters. The van der Waals surface area contributed by atoms with Gasteiger partial charge in [0, 0.05) is 32.5 Å². The van der Waals surface area contributed by atoms with Gasteiger partial charge in [0.25, 0.3) is 0 Å². The molecule has 0 radical (unpaired) electrons. The Morgan fingerprint density at radius 2 is 1.42 bits per heavy atom. The van der Waals surface area contributed by atoms with Gasteiger partial charge in [0.1, 0.15) is 0 Å². The van der Waals surface area contributed by atoms with E-state index in [0.29, 0.717) is 18.3 Å². The van der Waals surface area contributed by atoms with Crippen LogP contribution in [-0.4, -0.2) is 92.5 Å². The van der Waals surface area contributed by atoms with Crippen LogP contribution in [0.3, 0.4) is 0 Å². The largest absolute Gasteiger partial charge is 0.370 e. The molecule has 192 valence electrons. The summed E-state index contributed by atoms with van der Waals surface area (Å²) < 4.78 is 0. The van der Waals surface area contributed by atoms with Crippen molar-refractivity contribution in [3.63, 3.8) is 0 Å². The van der Waals surface area contributed by atoms with Crippen LogP contribution >= 0.6 is 0 Å². The number of nitrogens with one attached hydrogen (secondary N) is 1. The fraction of sp³-hybridized carbons (Fsp3) is 0.923. The van der Waals surface area contributed by atoms with E-state index in [-0.39, 0.29) is 11.8 Å². The first-order valence-corrected chi connectivity index (χ1v) is 13.3. The van der Waals surface area contributed by atoms with Gasteiger partial charge in [0.2, 0.25) is 11.8 Å². The van der Waals surface area contributed by atoms with Crippen LogP contribution in [-0.2, 0) is 9.59 Å². The molecule has 2 aliphatic heterocycles. The van der Waals surface area contributed by atoms with Crippen LogP contribution in [0.25, 0.3) is 0 Å². The average Bonchev–Trinajstić information content (AvgIpc) is 2.78. The Labute approximate surface area is 202 Å². The predicted octanol–water partition coefficient (Wildman–Crippen LogP) is 2.55. The number of amides is 2. The lowest BCUT2D eigenvalue weighted by Crippen LogP contribution is -2.42. The van der Waals surface area contributed by atoms with Gasteiger partial charge in [0.05, 0.1) is 0 Å². The Balaban J connectivity index is 1.50. The van der Waals surface area contributed by atoms with E-state index in [1.807, 2.05) is 0 Å². The van der Waals surface area contributed by atoms with Gasteiger partial charge in [0.15, 0.2) is 0 Å². The van der Waals surface area contributed by atoms with Crippen molar-refractivity contribution in [1.82, 2.24) is 20.0 Å². The van der Waals surface area contributed by atoms with Gasteiger partial charge >= 0.3 is 0 Å². The zero-order chi connectivity index (χ0) is 24.3. The summed E-state index contributed by atoms with van der Waals surface area (Å²) in [7, 11) is 2.17. The minimum absolute atomic E-state index is 0.192. The monoisotopic (exact) mass is 465 g/mol. The van der Waals surface area contributed by atoms with Gasteiger partial charge in [-0.25, -0.2) is 0 Å². The third kappa shape index (κ3) is 12.2. The molecule has 7 nitrogen and oxygen atoms in total. The highest BCUT2D eigenvalue weighted by Crippen LogP contribution is 2.32. The van der Waals surface area contributed by atoms with Crippen LogP contribution in [0.2, 0.25) is 0 Å². The smallest absolute Gasteiger partial charge is 0.221 e. The number of rotatable bonds is 13. The topological polar surface area (TPSA) is 81.9 Å². The lowest BCUT2D eigenvalue weighted by Gasteiger charge is -2.40. The maximum absolute atomic E-state index is 12.2. The summed E-state index contributed by atoms with van der Waals surface area (Å²) in [5.74, 6) is 1.64. The SMILES string of the molecule is CN(CCCNC(=O)CCN1CCC(C2CCN(CCC(N)=O)CC2)CC1)CCC(C)(C)C. The predicted molar refractivity (Wildman–Crippen MR) is 136 cm³/mol. The zero-order valence-electron chi connectivity index (χ0n) is 21.9. The van der Waals surface area contributed by atoms with Crippen molar-refractivity contribution in [2.75, 3.05) is 66.0 Å². The van der Waals surface area contributed by atoms with Crippen LogP contribution in [0.4, 0.5) is 0 Å². The van der Waals surface area contributed by atoms with Crippen LogP contribution < -0.4 is 11.1 Å². The Morgan fingerprint density at radius 3 is 1.91 bits per heavy atom. The molecule has 3 N–H and O–H groups in total. The molecule has 2 amide bonds. The summed E-state index contributed by atoms with van der Waals surface area (Å²) >= 11 is 0. The van der Waals surface area contributed by atoms with Crippen molar-refractivity contribution < 1.29 is 9.59 Å². The molecule has 2 fully saturated rings. The van der Waals surface area contributed by atoms with Crippen molar-refractivity contribution >= 4 is 11.8 Å². The zero-order valence-corrected chi connectivity index (χ0v) is 21.9. The Morgan fingerprint density at radius 1 is 0.909 bits per heavy atom. The maximum Gasteiger partial charge on any atom is 0.221 e. The van der Waals surface area contributed by atoms with E-state index in [0.717, 1.165) is 77.2 Å². The minimum Gasteiger partial charge on any atom is -0.370 e. The van der Waals surface area contributed by atoms with Crippen LogP contribution in [0.15, 0.2) is 0 Å². The second-order valence-corrected chi connectivity index (χ2v) is 11.6. The Kier molecular flexibility index (Phi) is 12.1. The molecular formula is C26H51N5O2. The van der Waals surface area contributed by atoms with Gasteiger partial charge in [-0.15, -0.1) is 0 Å². The number of carbonyl (C=O) groups excluding carboxylic acids is 2. The molecule has 0 atom stereocenters. The molecule has 0 aromatic rings. The highest BCUT2D eigenvalue weighted by molar-refractivity contribution is 5.76. The number of primary amides is 1. The molecule has 2 saturated heterocycles. The van der Waals surface area contributed by atoms with Crippen molar-refractivity contribution in [2.45, 2.75) is 72.1 Å². The lowest BCUT2D eigenvalue weighted by atomic mass is 9.79. The normalized spacial score (nSPS) is 19.8. The highest BCUT2D eigenvalue weighted by Gasteiger charge is 2.29. The number of hydrogen-bond acceptors (Lipinski definition) is 5.